The smallest absolute Gasteiger partial charge is 0.319 e. The zero-order chi connectivity index (χ0) is 25.3. The van der Waals surface area contributed by atoms with Crippen molar-refractivity contribution in [1.82, 2.24) is 19.6 Å². The van der Waals surface area contributed by atoms with Crippen LogP contribution < -0.4 is 4.83 Å². The molecule has 1 aliphatic heterocycles. The second-order valence-electron chi connectivity index (χ2n) is 8.56. The summed E-state index contributed by atoms with van der Waals surface area (Å²) in [7, 11) is -4.88. The zero-order valence-corrected chi connectivity index (χ0v) is 21.2. The third-order valence-corrected chi connectivity index (χ3v) is 8.71. The highest BCUT2D eigenvalue weighted by Crippen LogP contribution is 2.29. The Hall–Kier alpha value is -2.54. The normalized spacial score (nSPS) is 15.5. The van der Waals surface area contributed by atoms with Gasteiger partial charge in [0.25, 0.3) is 10.0 Å². The lowest BCUT2D eigenvalue weighted by Gasteiger charge is -2.35. The molecule has 1 N–H and O–H groups in total. The number of piperazine rings is 1. The van der Waals surface area contributed by atoms with E-state index in [1.807, 2.05) is 13.8 Å². The van der Waals surface area contributed by atoms with E-state index in [-0.39, 0.29) is 39.7 Å². The molecule has 3 rings (SSSR count). The van der Waals surface area contributed by atoms with Gasteiger partial charge >= 0.3 is 6.03 Å². The predicted molar refractivity (Wildman–Crippen MR) is 125 cm³/mol. The van der Waals surface area contributed by atoms with E-state index >= 15 is 0 Å². The number of hydrogen-bond acceptors (Lipinski definition) is 6. The van der Waals surface area contributed by atoms with Gasteiger partial charge in [0.1, 0.15) is 5.82 Å². The molecule has 1 saturated heterocycles. The number of carbonyl (C=O) groups excluding carboxylic acids is 1. The van der Waals surface area contributed by atoms with Crippen LogP contribution in [0.2, 0.25) is 0 Å². The molecule has 1 heterocycles. The lowest BCUT2D eigenvalue weighted by Crippen LogP contribution is -2.56. The number of nitrogens with zero attached hydrogens (tertiary/aromatic N) is 3. The topological polar surface area (TPSA) is 107 Å². The van der Waals surface area contributed by atoms with Gasteiger partial charge in [-0.05, 0) is 47.9 Å². The van der Waals surface area contributed by atoms with Crippen LogP contribution in [0.3, 0.4) is 0 Å². The first kappa shape index (κ1) is 26.1. The maximum atomic E-state index is 13.3. The number of halogens is 1. The van der Waals surface area contributed by atoms with Crippen LogP contribution in [0.5, 0.6) is 0 Å². The van der Waals surface area contributed by atoms with Crippen molar-refractivity contribution in [2.75, 3.05) is 40.3 Å². The van der Waals surface area contributed by atoms with Crippen LogP contribution in [-0.2, 0) is 19.9 Å². The molecule has 1 fully saturated rings. The number of carbonyl (C=O) groups is 1. The molecular weight excluding hydrogens is 483 g/mol. The van der Waals surface area contributed by atoms with Crippen molar-refractivity contribution in [3.8, 4) is 0 Å². The van der Waals surface area contributed by atoms with E-state index < -0.39 is 25.7 Å². The quantitative estimate of drug-likeness (QED) is 0.595. The SMILES string of the molecule is CC(C)c1ccc(S(=O)(=O)c2ccc(F)cc2)cc1S(=O)(=O)NN1CCN(C(=O)N(C)C)CC1. The Morgan fingerprint density at radius 3 is 2.03 bits per heavy atom. The largest absolute Gasteiger partial charge is 0.331 e. The first-order valence-electron chi connectivity index (χ1n) is 10.7. The molecule has 12 heteroatoms. The molecule has 1 aliphatic rings. The van der Waals surface area contributed by atoms with Crippen LogP contribution in [0.25, 0.3) is 0 Å². The van der Waals surface area contributed by atoms with Crippen molar-refractivity contribution in [3.05, 3.63) is 53.8 Å². The number of urea groups is 1. The Balaban J connectivity index is 1.90. The van der Waals surface area contributed by atoms with E-state index in [1.54, 1.807) is 19.0 Å². The van der Waals surface area contributed by atoms with Crippen LogP contribution in [0.4, 0.5) is 9.18 Å². The number of benzene rings is 2. The number of nitrogens with one attached hydrogen (secondary N) is 1. The van der Waals surface area contributed by atoms with Gasteiger partial charge in [-0.2, -0.15) is 0 Å². The summed E-state index contributed by atoms with van der Waals surface area (Å²) in [6, 6.07) is 8.20. The summed E-state index contributed by atoms with van der Waals surface area (Å²) in [5.41, 5.74) is 0.465. The molecular formula is C22H29FN4O5S2. The Kier molecular flexibility index (Phi) is 7.65. The van der Waals surface area contributed by atoms with Crippen molar-refractivity contribution in [3.63, 3.8) is 0 Å². The third-order valence-electron chi connectivity index (χ3n) is 5.51. The minimum absolute atomic E-state index is 0.135. The summed E-state index contributed by atoms with van der Waals surface area (Å²) in [4.78, 5) is 17.3. The Labute approximate surface area is 200 Å². The Morgan fingerprint density at radius 2 is 1.50 bits per heavy atom. The number of amides is 2. The molecule has 2 amide bonds. The number of hydrogen-bond donors (Lipinski definition) is 1. The molecule has 0 unspecified atom stereocenters. The second kappa shape index (κ2) is 9.98. The fourth-order valence-electron chi connectivity index (χ4n) is 3.63. The van der Waals surface area contributed by atoms with Gasteiger partial charge in [0, 0.05) is 40.3 Å². The highest BCUT2D eigenvalue weighted by molar-refractivity contribution is 7.91. The zero-order valence-electron chi connectivity index (χ0n) is 19.5. The van der Waals surface area contributed by atoms with Crippen molar-refractivity contribution in [2.24, 2.45) is 0 Å². The highest BCUT2D eigenvalue weighted by Gasteiger charge is 2.29. The van der Waals surface area contributed by atoms with Crippen LogP contribution in [0, 0.1) is 5.82 Å². The van der Waals surface area contributed by atoms with Gasteiger partial charge in [-0.15, -0.1) is 4.83 Å². The fraction of sp³-hybridized carbons (Fsp3) is 0.409. The summed E-state index contributed by atoms with van der Waals surface area (Å²) in [6.45, 7) is 4.88. The van der Waals surface area contributed by atoms with Gasteiger partial charge in [-0.3, -0.25) is 0 Å². The lowest BCUT2D eigenvalue weighted by atomic mass is 10.0. The molecule has 2 aromatic carbocycles. The number of sulfonamides is 1. The first-order chi connectivity index (χ1) is 15.8. The molecule has 0 aliphatic carbocycles. The highest BCUT2D eigenvalue weighted by atomic mass is 32.2. The molecule has 0 spiro atoms. The maximum Gasteiger partial charge on any atom is 0.319 e. The maximum absolute atomic E-state index is 13.3. The van der Waals surface area contributed by atoms with Crippen molar-refractivity contribution < 1.29 is 26.0 Å². The average molecular weight is 513 g/mol. The summed E-state index contributed by atoms with van der Waals surface area (Å²) >= 11 is 0. The first-order valence-corrected chi connectivity index (χ1v) is 13.7. The van der Waals surface area contributed by atoms with Gasteiger partial charge in [-0.1, -0.05) is 19.9 Å². The lowest BCUT2D eigenvalue weighted by molar-refractivity contribution is 0.112. The van der Waals surface area contributed by atoms with Crippen molar-refractivity contribution in [1.29, 1.82) is 0 Å². The van der Waals surface area contributed by atoms with Crippen LogP contribution in [0.1, 0.15) is 25.3 Å². The Morgan fingerprint density at radius 1 is 0.941 bits per heavy atom. The molecule has 2 aromatic rings. The fourth-order valence-corrected chi connectivity index (χ4v) is 6.51. The van der Waals surface area contributed by atoms with Gasteiger partial charge in [-0.25, -0.2) is 31.0 Å². The van der Waals surface area contributed by atoms with E-state index in [1.165, 1.54) is 22.0 Å². The molecule has 9 nitrogen and oxygen atoms in total. The van der Waals surface area contributed by atoms with E-state index in [0.717, 1.165) is 30.3 Å². The van der Waals surface area contributed by atoms with Crippen molar-refractivity contribution in [2.45, 2.75) is 34.5 Å². The second-order valence-corrected chi connectivity index (χ2v) is 12.1. The van der Waals surface area contributed by atoms with E-state index in [9.17, 15) is 26.0 Å². The van der Waals surface area contributed by atoms with Gasteiger partial charge in [0.15, 0.2) is 0 Å². The summed E-state index contributed by atoms with van der Waals surface area (Å²) in [5.74, 6) is -0.766. The molecule has 0 aromatic heterocycles. The van der Waals surface area contributed by atoms with E-state index in [2.05, 4.69) is 4.83 Å². The third kappa shape index (κ3) is 5.57. The minimum Gasteiger partial charge on any atom is -0.331 e. The minimum atomic E-state index is -4.12. The molecule has 0 radical (unpaired) electrons. The molecule has 0 atom stereocenters. The number of rotatable bonds is 6. The van der Waals surface area contributed by atoms with E-state index in [4.69, 9.17) is 0 Å². The van der Waals surface area contributed by atoms with Gasteiger partial charge in [0.05, 0.1) is 14.7 Å². The van der Waals surface area contributed by atoms with E-state index in [0.29, 0.717) is 18.7 Å². The number of hydrazine groups is 1. The monoisotopic (exact) mass is 512 g/mol. The van der Waals surface area contributed by atoms with Crippen LogP contribution in [0.15, 0.2) is 57.2 Å². The Bertz CT molecular complexity index is 1250. The summed E-state index contributed by atoms with van der Waals surface area (Å²) in [6.07, 6.45) is 0. The predicted octanol–water partition coefficient (Wildman–Crippen LogP) is 2.27. The average Bonchev–Trinajstić information content (AvgIpc) is 2.78. The molecule has 0 bridgehead atoms. The number of sulfone groups is 1. The summed E-state index contributed by atoms with van der Waals surface area (Å²) < 4.78 is 66.0. The molecule has 0 saturated carbocycles. The molecule has 186 valence electrons. The van der Waals surface area contributed by atoms with Gasteiger partial charge < -0.3 is 9.80 Å². The van der Waals surface area contributed by atoms with Crippen LogP contribution >= 0.6 is 0 Å². The van der Waals surface area contributed by atoms with Crippen molar-refractivity contribution >= 4 is 25.9 Å². The van der Waals surface area contributed by atoms with Crippen LogP contribution in [-0.4, -0.2) is 77.9 Å². The van der Waals surface area contributed by atoms with Gasteiger partial charge in [0.2, 0.25) is 9.84 Å². The summed E-state index contributed by atoms with van der Waals surface area (Å²) in [5, 5.41) is 1.50. The standard InChI is InChI=1S/C22H29FN4O5S2/c1-16(2)20-10-9-19(33(29,30)18-7-5-17(23)6-8-18)15-21(20)34(31,32)24-27-13-11-26(12-14-27)22(28)25(3)4/h5-10,15-16,24H,11-14H2,1-4H3. The molecule has 34 heavy (non-hydrogen) atoms.